The van der Waals surface area contributed by atoms with Crippen LogP contribution in [0.5, 0.6) is 0 Å². The van der Waals surface area contributed by atoms with Crippen molar-refractivity contribution in [3.63, 3.8) is 0 Å². The van der Waals surface area contributed by atoms with E-state index in [-0.39, 0.29) is 5.91 Å². The molecule has 16 heavy (non-hydrogen) atoms. The Labute approximate surface area is 98.7 Å². The number of carbonyl (C=O) groups is 1. The van der Waals surface area contributed by atoms with Crippen molar-refractivity contribution in [1.29, 1.82) is 0 Å². The normalized spacial score (nSPS) is 22.0. The molecule has 0 bridgehead atoms. The van der Waals surface area contributed by atoms with Crippen molar-refractivity contribution < 1.29 is 4.79 Å². The maximum absolute atomic E-state index is 11.9. The lowest BCUT2D eigenvalue weighted by Crippen LogP contribution is -2.33. The molecular formula is C13H24N2O. The monoisotopic (exact) mass is 224 g/mol. The standard InChI is InChI=1S/C13H24N2O/c1-3-4-12-5-6-13(16)15(8-7-12)10-11(2)9-14/h12H,2-10,14H2,1H3. The maximum Gasteiger partial charge on any atom is 0.222 e. The first kappa shape index (κ1) is 13.2. The van der Waals surface area contributed by atoms with E-state index in [9.17, 15) is 4.79 Å². The number of likely N-dealkylation sites (tertiary alicyclic amines) is 1. The van der Waals surface area contributed by atoms with Crippen LogP contribution in [0.2, 0.25) is 0 Å². The number of nitrogens with zero attached hydrogens (tertiary/aromatic N) is 1. The van der Waals surface area contributed by atoms with Crippen molar-refractivity contribution in [2.24, 2.45) is 11.7 Å². The zero-order valence-electron chi connectivity index (χ0n) is 10.4. The van der Waals surface area contributed by atoms with E-state index >= 15 is 0 Å². The number of hydrogen-bond donors (Lipinski definition) is 1. The molecule has 2 N–H and O–H groups in total. The molecule has 1 aliphatic rings. The first-order valence-electron chi connectivity index (χ1n) is 6.31. The van der Waals surface area contributed by atoms with E-state index in [2.05, 4.69) is 13.5 Å². The van der Waals surface area contributed by atoms with E-state index in [1.807, 2.05) is 4.90 Å². The van der Waals surface area contributed by atoms with Crippen LogP contribution in [0.25, 0.3) is 0 Å². The predicted molar refractivity (Wildman–Crippen MR) is 67.0 cm³/mol. The van der Waals surface area contributed by atoms with E-state index in [1.165, 1.54) is 12.8 Å². The van der Waals surface area contributed by atoms with Crippen LogP contribution in [0.4, 0.5) is 0 Å². The highest BCUT2D eigenvalue weighted by molar-refractivity contribution is 5.76. The van der Waals surface area contributed by atoms with Gasteiger partial charge in [0.05, 0.1) is 0 Å². The summed E-state index contributed by atoms with van der Waals surface area (Å²) in [4.78, 5) is 13.8. The molecule has 3 nitrogen and oxygen atoms in total. The lowest BCUT2D eigenvalue weighted by molar-refractivity contribution is -0.130. The summed E-state index contributed by atoms with van der Waals surface area (Å²) in [6.45, 7) is 8.08. The average molecular weight is 224 g/mol. The zero-order chi connectivity index (χ0) is 12.0. The summed E-state index contributed by atoms with van der Waals surface area (Å²) >= 11 is 0. The molecule has 0 saturated carbocycles. The summed E-state index contributed by atoms with van der Waals surface area (Å²) in [5, 5.41) is 0. The predicted octanol–water partition coefficient (Wildman–Crippen LogP) is 1.93. The molecule has 0 aromatic rings. The van der Waals surface area contributed by atoms with Gasteiger partial charge in [0.2, 0.25) is 5.91 Å². The largest absolute Gasteiger partial charge is 0.339 e. The fraction of sp³-hybridized carbons (Fsp3) is 0.769. The van der Waals surface area contributed by atoms with Crippen molar-refractivity contribution in [1.82, 2.24) is 4.90 Å². The topological polar surface area (TPSA) is 46.3 Å². The summed E-state index contributed by atoms with van der Waals surface area (Å²) in [6.07, 6.45) is 5.35. The molecule has 1 fully saturated rings. The molecule has 1 saturated heterocycles. The lowest BCUT2D eigenvalue weighted by atomic mass is 9.96. The highest BCUT2D eigenvalue weighted by Gasteiger charge is 2.21. The smallest absolute Gasteiger partial charge is 0.222 e. The van der Waals surface area contributed by atoms with Crippen LogP contribution in [0.15, 0.2) is 12.2 Å². The molecule has 3 heteroatoms. The Bertz CT molecular complexity index is 250. The summed E-state index contributed by atoms with van der Waals surface area (Å²) in [5.74, 6) is 0.998. The van der Waals surface area contributed by atoms with Gasteiger partial charge in [-0.15, -0.1) is 0 Å². The first-order valence-corrected chi connectivity index (χ1v) is 6.31. The minimum Gasteiger partial charge on any atom is -0.339 e. The Balaban J connectivity index is 2.47. The SMILES string of the molecule is C=C(CN)CN1CCC(CCC)CCC1=O. The molecule has 1 unspecified atom stereocenters. The summed E-state index contributed by atoms with van der Waals surface area (Å²) in [6, 6.07) is 0. The Morgan fingerprint density at radius 2 is 2.31 bits per heavy atom. The van der Waals surface area contributed by atoms with E-state index in [0.29, 0.717) is 19.5 Å². The van der Waals surface area contributed by atoms with E-state index in [1.54, 1.807) is 0 Å². The Kier molecular flexibility index (Phi) is 5.53. The second-order valence-electron chi connectivity index (χ2n) is 4.75. The third-order valence-corrected chi connectivity index (χ3v) is 3.33. The fourth-order valence-electron chi connectivity index (χ4n) is 2.29. The molecule has 0 aromatic carbocycles. The van der Waals surface area contributed by atoms with Gasteiger partial charge in [-0.1, -0.05) is 26.3 Å². The van der Waals surface area contributed by atoms with Crippen LogP contribution < -0.4 is 5.73 Å². The Morgan fingerprint density at radius 1 is 1.56 bits per heavy atom. The van der Waals surface area contributed by atoms with Gasteiger partial charge in [0.25, 0.3) is 0 Å². The lowest BCUT2D eigenvalue weighted by Gasteiger charge is -2.21. The zero-order valence-corrected chi connectivity index (χ0v) is 10.4. The summed E-state index contributed by atoms with van der Waals surface area (Å²) in [7, 11) is 0. The van der Waals surface area contributed by atoms with Gasteiger partial charge in [-0.2, -0.15) is 0 Å². The molecule has 1 atom stereocenters. The molecule has 0 aliphatic carbocycles. The molecular weight excluding hydrogens is 200 g/mol. The summed E-state index contributed by atoms with van der Waals surface area (Å²) < 4.78 is 0. The third-order valence-electron chi connectivity index (χ3n) is 3.33. The van der Waals surface area contributed by atoms with Crippen molar-refractivity contribution in [2.75, 3.05) is 19.6 Å². The highest BCUT2D eigenvalue weighted by atomic mass is 16.2. The molecule has 1 aliphatic heterocycles. The van der Waals surface area contributed by atoms with Crippen LogP contribution in [-0.2, 0) is 4.79 Å². The molecule has 0 aromatic heterocycles. The van der Waals surface area contributed by atoms with Crippen molar-refractivity contribution >= 4 is 5.91 Å². The van der Waals surface area contributed by atoms with Crippen LogP contribution in [0.3, 0.4) is 0 Å². The number of amides is 1. The quantitative estimate of drug-likeness (QED) is 0.725. The Morgan fingerprint density at radius 3 is 2.94 bits per heavy atom. The molecule has 92 valence electrons. The second kappa shape index (κ2) is 6.69. The van der Waals surface area contributed by atoms with Crippen molar-refractivity contribution in [3.8, 4) is 0 Å². The maximum atomic E-state index is 11.9. The van der Waals surface area contributed by atoms with E-state index in [0.717, 1.165) is 30.9 Å². The van der Waals surface area contributed by atoms with Crippen LogP contribution >= 0.6 is 0 Å². The first-order chi connectivity index (χ1) is 7.67. The third kappa shape index (κ3) is 3.97. The van der Waals surface area contributed by atoms with Gasteiger partial charge in [-0.25, -0.2) is 0 Å². The van der Waals surface area contributed by atoms with Gasteiger partial charge >= 0.3 is 0 Å². The van der Waals surface area contributed by atoms with E-state index < -0.39 is 0 Å². The van der Waals surface area contributed by atoms with Gasteiger partial charge in [0.15, 0.2) is 0 Å². The number of hydrogen-bond acceptors (Lipinski definition) is 2. The molecule has 0 radical (unpaired) electrons. The van der Waals surface area contributed by atoms with Crippen molar-refractivity contribution in [3.05, 3.63) is 12.2 Å². The summed E-state index contributed by atoms with van der Waals surface area (Å²) in [5.41, 5.74) is 6.46. The van der Waals surface area contributed by atoms with Gasteiger partial charge < -0.3 is 10.6 Å². The average Bonchev–Trinajstić information content (AvgIpc) is 2.44. The fourth-order valence-corrected chi connectivity index (χ4v) is 2.29. The molecule has 0 spiro atoms. The number of carbonyl (C=O) groups excluding carboxylic acids is 1. The second-order valence-corrected chi connectivity index (χ2v) is 4.75. The van der Waals surface area contributed by atoms with Gasteiger partial charge in [-0.05, 0) is 24.3 Å². The van der Waals surface area contributed by atoms with Gasteiger partial charge in [0, 0.05) is 26.1 Å². The number of rotatable bonds is 5. The van der Waals surface area contributed by atoms with Crippen LogP contribution in [0.1, 0.15) is 39.0 Å². The van der Waals surface area contributed by atoms with Gasteiger partial charge in [-0.3, -0.25) is 4.79 Å². The Hall–Kier alpha value is -0.830. The van der Waals surface area contributed by atoms with Crippen LogP contribution in [0, 0.1) is 5.92 Å². The minimum absolute atomic E-state index is 0.271. The highest BCUT2D eigenvalue weighted by Crippen LogP contribution is 2.22. The van der Waals surface area contributed by atoms with E-state index in [4.69, 9.17) is 5.73 Å². The van der Waals surface area contributed by atoms with Gasteiger partial charge in [0.1, 0.15) is 0 Å². The van der Waals surface area contributed by atoms with Crippen LogP contribution in [-0.4, -0.2) is 30.4 Å². The molecule has 1 rings (SSSR count). The molecule has 1 amide bonds. The number of nitrogens with two attached hydrogens (primary N) is 1. The molecule has 1 heterocycles. The minimum atomic E-state index is 0.271. The van der Waals surface area contributed by atoms with Crippen molar-refractivity contribution in [2.45, 2.75) is 39.0 Å².